The van der Waals surface area contributed by atoms with E-state index in [1.165, 1.54) is 11.1 Å². The zero-order chi connectivity index (χ0) is 21.3. The number of anilines is 3. The van der Waals surface area contributed by atoms with Crippen LogP contribution in [0.2, 0.25) is 0 Å². The maximum atomic E-state index is 6.28. The van der Waals surface area contributed by atoms with E-state index in [-0.39, 0.29) is 0 Å². The van der Waals surface area contributed by atoms with Gasteiger partial charge in [-0.3, -0.25) is 4.90 Å². The fourth-order valence-corrected chi connectivity index (χ4v) is 4.13. The highest BCUT2D eigenvalue weighted by Crippen LogP contribution is 2.37. The van der Waals surface area contributed by atoms with Gasteiger partial charge < -0.3 is 4.42 Å². The molecule has 0 radical (unpaired) electrons. The Bertz CT molecular complexity index is 1500. The van der Waals surface area contributed by atoms with E-state index in [2.05, 4.69) is 83.8 Å². The molecule has 6 aromatic rings. The van der Waals surface area contributed by atoms with Gasteiger partial charge in [-0.25, -0.2) is 0 Å². The second kappa shape index (κ2) is 7.71. The lowest BCUT2D eigenvalue weighted by Crippen LogP contribution is -2.10. The van der Waals surface area contributed by atoms with Gasteiger partial charge in [0.15, 0.2) is 5.58 Å². The van der Waals surface area contributed by atoms with Gasteiger partial charge in [0.2, 0.25) is 0 Å². The summed E-state index contributed by atoms with van der Waals surface area (Å²) in [7, 11) is 0. The first-order chi connectivity index (χ1) is 15.9. The van der Waals surface area contributed by atoms with Gasteiger partial charge in [0.25, 0.3) is 0 Å². The third-order valence-corrected chi connectivity index (χ3v) is 5.71. The van der Waals surface area contributed by atoms with Crippen LogP contribution in [0.15, 0.2) is 126 Å². The highest BCUT2D eigenvalue weighted by Gasteiger charge is 2.19. The van der Waals surface area contributed by atoms with Gasteiger partial charge in [-0.15, -0.1) is 0 Å². The molecule has 0 aliphatic rings. The van der Waals surface area contributed by atoms with Crippen LogP contribution >= 0.6 is 0 Å². The number of hydrogen-bond acceptors (Lipinski definition) is 3. The molecule has 1 heterocycles. The van der Waals surface area contributed by atoms with E-state index >= 15 is 0 Å². The molecule has 5 aromatic carbocycles. The van der Waals surface area contributed by atoms with Gasteiger partial charge in [0.05, 0.1) is 11.4 Å². The number of nitrogens with zero attached hydrogens (tertiary/aromatic N) is 2. The third-order valence-electron chi connectivity index (χ3n) is 5.71. The molecular weight excluding hydrogens is 392 g/mol. The Kier molecular flexibility index (Phi) is 4.43. The molecule has 0 aliphatic carbocycles. The van der Waals surface area contributed by atoms with Crippen LogP contribution in [0.1, 0.15) is 0 Å². The molecule has 0 fully saturated rings. The lowest BCUT2D eigenvalue weighted by Gasteiger charge is -2.21. The van der Waals surface area contributed by atoms with Crippen molar-refractivity contribution in [3.05, 3.63) is 121 Å². The highest BCUT2D eigenvalue weighted by molar-refractivity contribution is 6.04. The molecule has 32 heavy (non-hydrogen) atoms. The topological polar surface area (TPSA) is 29.3 Å². The fraction of sp³-hybridized carbons (Fsp3) is 0. The Morgan fingerprint density at radius 1 is 0.531 bits per heavy atom. The minimum atomic E-state index is 0.551. The number of fused-ring (bicyclic) bond motifs is 3. The number of rotatable bonds is 4. The Morgan fingerprint density at radius 3 is 1.94 bits per heavy atom. The predicted molar refractivity (Wildman–Crippen MR) is 132 cm³/mol. The third kappa shape index (κ3) is 3.21. The van der Waals surface area contributed by atoms with Crippen molar-refractivity contribution in [2.45, 2.75) is 0 Å². The highest BCUT2D eigenvalue weighted by atomic mass is 16.4. The summed E-state index contributed by atoms with van der Waals surface area (Å²) in [5.41, 5.74) is 6.01. The quantitative estimate of drug-likeness (QED) is 0.293. The van der Waals surface area contributed by atoms with Crippen LogP contribution in [0, 0.1) is 0 Å². The number of benzene rings is 5. The van der Waals surface area contributed by atoms with Crippen LogP contribution in [0.25, 0.3) is 33.0 Å². The van der Waals surface area contributed by atoms with E-state index < -0.39 is 0 Å². The number of para-hydroxylation sites is 1. The largest absolute Gasteiger partial charge is 0.423 e. The van der Waals surface area contributed by atoms with Gasteiger partial charge >= 0.3 is 6.01 Å². The van der Waals surface area contributed by atoms with Crippen molar-refractivity contribution in [2.75, 3.05) is 4.90 Å². The first-order valence-corrected chi connectivity index (χ1v) is 10.7. The van der Waals surface area contributed by atoms with E-state index in [4.69, 9.17) is 9.40 Å². The zero-order valence-corrected chi connectivity index (χ0v) is 17.3. The SMILES string of the molecule is c1ccc(-c2ccc(N(c3ccccc3)c3nc4c(ccc5ccccc54)o3)cc2)cc1. The summed E-state index contributed by atoms with van der Waals surface area (Å²) in [6.07, 6.45) is 0. The summed E-state index contributed by atoms with van der Waals surface area (Å²) in [6.45, 7) is 0. The number of aromatic nitrogens is 1. The van der Waals surface area contributed by atoms with Crippen molar-refractivity contribution in [1.82, 2.24) is 4.98 Å². The zero-order valence-electron chi connectivity index (χ0n) is 17.3. The average Bonchev–Trinajstić information content (AvgIpc) is 3.30. The average molecular weight is 412 g/mol. The van der Waals surface area contributed by atoms with E-state index in [1.807, 2.05) is 42.5 Å². The normalized spacial score (nSPS) is 11.1. The fourth-order valence-electron chi connectivity index (χ4n) is 4.13. The van der Waals surface area contributed by atoms with Crippen LogP contribution in [-0.4, -0.2) is 4.98 Å². The van der Waals surface area contributed by atoms with Crippen molar-refractivity contribution in [2.24, 2.45) is 0 Å². The van der Waals surface area contributed by atoms with Gasteiger partial charge in [0.1, 0.15) is 5.52 Å². The van der Waals surface area contributed by atoms with E-state index in [9.17, 15) is 0 Å². The molecule has 152 valence electrons. The minimum absolute atomic E-state index is 0.551. The monoisotopic (exact) mass is 412 g/mol. The maximum absolute atomic E-state index is 6.28. The lowest BCUT2D eigenvalue weighted by atomic mass is 10.1. The van der Waals surface area contributed by atoms with Crippen LogP contribution in [0.3, 0.4) is 0 Å². The van der Waals surface area contributed by atoms with Crippen LogP contribution in [0.5, 0.6) is 0 Å². The molecule has 1 aromatic heterocycles. The summed E-state index contributed by atoms with van der Waals surface area (Å²) in [5, 5.41) is 2.24. The van der Waals surface area contributed by atoms with Crippen molar-refractivity contribution >= 4 is 39.3 Å². The van der Waals surface area contributed by atoms with Crippen LogP contribution < -0.4 is 4.90 Å². The van der Waals surface area contributed by atoms with Gasteiger partial charge in [-0.2, -0.15) is 4.98 Å². The van der Waals surface area contributed by atoms with Crippen LogP contribution in [0.4, 0.5) is 17.4 Å². The van der Waals surface area contributed by atoms with Crippen LogP contribution in [-0.2, 0) is 0 Å². The van der Waals surface area contributed by atoms with Crippen molar-refractivity contribution in [3.8, 4) is 11.1 Å². The van der Waals surface area contributed by atoms with Crippen molar-refractivity contribution in [3.63, 3.8) is 0 Å². The smallest absolute Gasteiger partial charge is 0.307 e. The second-order valence-corrected chi connectivity index (χ2v) is 7.71. The Balaban J connectivity index is 1.50. The van der Waals surface area contributed by atoms with Gasteiger partial charge in [0, 0.05) is 5.39 Å². The molecule has 0 amide bonds. The van der Waals surface area contributed by atoms with Crippen molar-refractivity contribution < 1.29 is 4.42 Å². The Hall–Kier alpha value is -4.37. The lowest BCUT2D eigenvalue weighted by molar-refractivity contribution is 0.608. The predicted octanol–water partition coefficient (Wildman–Crippen LogP) is 8.12. The van der Waals surface area contributed by atoms with Crippen molar-refractivity contribution in [1.29, 1.82) is 0 Å². The van der Waals surface area contributed by atoms with Gasteiger partial charge in [-0.1, -0.05) is 91.0 Å². The Labute approximate surface area is 186 Å². The molecule has 0 bridgehead atoms. The summed E-state index contributed by atoms with van der Waals surface area (Å²) in [5.74, 6) is 0. The first kappa shape index (κ1) is 18.4. The molecule has 0 saturated carbocycles. The van der Waals surface area contributed by atoms with E-state index in [0.717, 1.165) is 33.2 Å². The Morgan fingerprint density at radius 2 is 1.16 bits per heavy atom. The maximum Gasteiger partial charge on any atom is 0.307 e. The first-order valence-electron chi connectivity index (χ1n) is 10.7. The second-order valence-electron chi connectivity index (χ2n) is 7.71. The summed E-state index contributed by atoms with van der Waals surface area (Å²) in [6, 6.07) is 42.0. The molecule has 0 atom stereocenters. The molecule has 0 N–H and O–H groups in total. The van der Waals surface area contributed by atoms with Gasteiger partial charge in [-0.05, 0) is 46.8 Å². The molecule has 3 heteroatoms. The molecule has 0 spiro atoms. The minimum Gasteiger partial charge on any atom is -0.423 e. The van der Waals surface area contributed by atoms with E-state index in [1.54, 1.807) is 0 Å². The summed E-state index contributed by atoms with van der Waals surface area (Å²) in [4.78, 5) is 6.99. The molecule has 0 saturated heterocycles. The van der Waals surface area contributed by atoms with E-state index in [0.29, 0.717) is 6.01 Å². The molecule has 0 aliphatic heterocycles. The standard InChI is InChI=1S/C29H20N2O/c1-3-9-21(10-4-1)22-15-18-25(19-16-22)31(24-12-5-2-6-13-24)29-30-28-26-14-8-7-11-23(26)17-20-27(28)32-29/h1-20H. The summed E-state index contributed by atoms with van der Waals surface area (Å²) < 4.78 is 6.28. The summed E-state index contributed by atoms with van der Waals surface area (Å²) >= 11 is 0. The molecule has 0 unspecified atom stereocenters. The number of oxazole rings is 1. The molecule has 6 rings (SSSR count). The molecule has 3 nitrogen and oxygen atoms in total. The molecular formula is C29H20N2O. The number of hydrogen-bond donors (Lipinski definition) is 0.